The van der Waals surface area contributed by atoms with Crippen LogP contribution in [0.15, 0.2) is 73.1 Å². The molecule has 0 N–H and O–H groups in total. The minimum atomic E-state index is -0.0500. The van der Waals surface area contributed by atoms with Gasteiger partial charge in [-0.1, -0.05) is 23.8 Å². The first kappa shape index (κ1) is 19.4. The fourth-order valence-electron chi connectivity index (χ4n) is 4.25. The highest BCUT2D eigenvalue weighted by atomic mass is 16.7. The molecular formula is C26H22N4O3. The lowest BCUT2D eigenvalue weighted by Crippen LogP contribution is -2.24. The summed E-state index contributed by atoms with van der Waals surface area (Å²) < 4.78 is 14.8. The van der Waals surface area contributed by atoms with Gasteiger partial charge in [0.1, 0.15) is 5.82 Å². The second-order valence-electron chi connectivity index (χ2n) is 8.23. The Balaban J connectivity index is 1.27. The number of rotatable bonds is 4. The molecule has 2 aliphatic heterocycles. The van der Waals surface area contributed by atoms with Crippen molar-refractivity contribution >= 4 is 12.0 Å². The van der Waals surface area contributed by atoms with E-state index in [2.05, 4.69) is 35.8 Å². The van der Waals surface area contributed by atoms with Gasteiger partial charge in [-0.25, -0.2) is 4.68 Å². The first-order valence-corrected chi connectivity index (χ1v) is 10.8. The number of fused-ring (bicyclic) bond motifs is 2. The first-order valence-electron chi connectivity index (χ1n) is 10.8. The van der Waals surface area contributed by atoms with E-state index in [0.717, 1.165) is 34.1 Å². The maximum Gasteiger partial charge on any atom is 0.247 e. The number of aromatic nitrogens is 3. The van der Waals surface area contributed by atoms with Gasteiger partial charge in [0.25, 0.3) is 0 Å². The highest BCUT2D eigenvalue weighted by molar-refractivity contribution is 5.92. The van der Waals surface area contributed by atoms with Crippen LogP contribution in [-0.2, 0) is 17.9 Å². The normalized spacial score (nSPS) is 14.3. The number of ether oxygens (including phenoxy) is 2. The van der Waals surface area contributed by atoms with Crippen LogP contribution in [0.5, 0.6) is 11.5 Å². The third-order valence-electron chi connectivity index (χ3n) is 5.98. The minimum Gasteiger partial charge on any atom is -0.454 e. The van der Waals surface area contributed by atoms with E-state index in [9.17, 15) is 4.79 Å². The summed E-state index contributed by atoms with van der Waals surface area (Å²) in [5.41, 5.74) is 5.08. The summed E-state index contributed by atoms with van der Waals surface area (Å²) >= 11 is 0. The zero-order valence-electron chi connectivity index (χ0n) is 18.1. The lowest BCUT2D eigenvalue weighted by molar-refractivity contribution is -0.126. The molecule has 2 aromatic carbocycles. The Morgan fingerprint density at radius 1 is 1.00 bits per heavy atom. The van der Waals surface area contributed by atoms with E-state index in [1.807, 2.05) is 52.3 Å². The van der Waals surface area contributed by atoms with E-state index in [1.54, 1.807) is 12.2 Å². The number of carbonyl (C=O) groups excluding carboxylic acids is 1. The quantitative estimate of drug-likeness (QED) is 0.447. The molecule has 0 aliphatic carbocycles. The maximum absolute atomic E-state index is 13.0. The molecule has 0 saturated heterocycles. The Kier molecular flexibility index (Phi) is 4.54. The SMILES string of the molecule is Cc1ccc(-n2nc3c(c2-n2cccc2)CN(C(=O)/C=C/c2ccc4c(c2)OCO4)C3)cc1. The summed E-state index contributed by atoms with van der Waals surface area (Å²) in [6.45, 7) is 3.29. The van der Waals surface area contributed by atoms with Crippen molar-refractivity contribution in [1.29, 1.82) is 0 Å². The van der Waals surface area contributed by atoms with Crippen LogP contribution in [0, 0.1) is 6.92 Å². The van der Waals surface area contributed by atoms with Crippen molar-refractivity contribution in [2.45, 2.75) is 20.0 Å². The van der Waals surface area contributed by atoms with Crippen LogP contribution in [0.4, 0.5) is 0 Å². The van der Waals surface area contributed by atoms with E-state index in [4.69, 9.17) is 14.6 Å². The highest BCUT2D eigenvalue weighted by Crippen LogP contribution is 2.33. The Labute approximate surface area is 191 Å². The van der Waals surface area contributed by atoms with E-state index >= 15 is 0 Å². The molecule has 4 heterocycles. The van der Waals surface area contributed by atoms with Crippen molar-refractivity contribution in [2.75, 3.05) is 6.79 Å². The monoisotopic (exact) mass is 438 g/mol. The molecule has 0 fully saturated rings. The number of aryl methyl sites for hydroxylation is 1. The number of carbonyl (C=O) groups is 1. The number of hydrogen-bond donors (Lipinski definition) is 0. The van der Waals surface area contributed by atoms with Crippen molar-refractivity contribution in [3.8, 4) is 23.0 Å². The van der Waals surface area contributed by atoms with E-state index in [-0.39, 0.29) is 12.7 Å². The van der Waals surface area contributed by atoms with Gasteiger partial charge in [-0.3, -0.25) is 4.79 Å². The van der Waals surface area contributed by atoms with Gasteiger partial charge in [0, 0.05) is 24.0 Å². The third kappa shape index (κ3) is 3.47. The minimum absolute atomic E-state index is 0.0500. The molecule has 0 unspecified atom stereocenters. The fourth-order valence-corrected chi connectivity index (χ4v) is 4.25. The maximum atomic E-state index is 13.0. The molecular weight excluding hydrogens is 416 g/mol. The number of amides is 1. The van der Waals surface area contributed by atoms with Crippen molar-refractivity contribution < 1.29 is 14.3 Å². The molecule has 0 saturated carbocycles. The molecule has 6 rings (SSSR count). The number of benzene rings is 2. The second kappa shape index (κ2) is 7.70. The van der Waals surface area contributed by atoms with Crippen LogP contribution in [0.25, 0.3) is 17.6 Å². The van der Waals surface area contributed by atoms with Crippen LogP contribution in [-0.4, -0.2) is 31.9 Å². The molecule has 0 spiro atoms. The Morgan fingerprint density at radius 2 is 1.79 bits per heavy atom. The summed E-state index contributed by atoms with van der Waals surface area (Å²) in [6.07, 6.45) is 7.42. The Hall–Kier alpha value is -4.26. The molecule has 1 amide bonds. The van der Waals surface area contributed by atoms with Crippen LogP contribution in [0.3, 0.4) is 0 Å². The molecule has 33 heavy (non-hydrogen) atoms. The molecule has 0 bridgehead atoms. The number of hydrogen-bond acceptors (Lipinski definition) is 4. The van der Waals surface area contributed by atoms with E-state index in [0.29, 0.717) is 18.8 Å². The first-order chi connectivity index (χ1) is 16.2. The molecule has 2 aliphatic rings. The lowest BCUT2D eigenvalue weighted by atomic mass is 10.2. The predicted molar refractivity (Wildman–Crippen MR) is 123 cm³/mol. The molecule has 7 heteroatoms. The Bertz CT molecular complexity index is 1370. The van der Waals surface area contributed by atoms with Crippen LogP contribution < -0.4 is 9.47 Å². The van der Waals surface area contributed by atoms with Crippen molar-refractivity contribution in [3.05, 3.63) is 95.5 Å². The summed E-state index contributed by atoms with van der Waals surface area (Å²) in [5.74, 6) is 2.35. The van der Waals surface area contributed by atoms with Crippen LogP contribution in [0.2, 0.25) is 0 Å². The van der Waals surface area contributed by atoms with E-state index in [1.165, 1.54) is 5.56 Å². The molecule has 2 aromatic heterocycles. The molecule has 164 valence electrons. The summed E-state index contributed by atoms with van der Waals surface area (Å²) in [4.78, 5) is 14.8. The zero-order valence-corrected chi connectivity index (χ0v) is 18.1. The smallest absolute Gasteiger partial charge is 0.247 e. The summed E-state index contributed by atoms with van der Waals surface area (Å²) in [5, 5.41) is 4.88. The average Bonchev–Trinajstić information content (AvgIpc) is 3.61. The van der Waals surface area contributed by atoms with Gasteiger partial charge in [0.15, 0.2) is 11.5 Å². The van der Waals surface area contributed by atoms with Gasteiger partial charge >= 0.3 is 0 Å². The molecule has 0 atom stereocenters. The predicted octanol–water partition coefficient (Wildman–Crippen LogP) is 4.26. The third-order valence-corrected chi connectivity index (χ3v) is 5.98. The molecule has 7 nitrogen and oxygen atoms in total. The van der Waals surface area contributed by atoms with Crippen molar-refractivity contribution in [2.24, 2.45) is 0 Å². The van der Waals surface area contributed by atoms with Gasteiger partial charge in [-0.2, -0.15) is 5.10 Å². The van der Waals surface area contributed by atoms with Crippen LogP contribution in [0.1, 0.15) is 22.4 Å². The van der Waals surface area contributed by atoms with Crippen molar-refractivity contribution in [1.82, 2.24) is 19.2 Å². The fraction of sp³-hybridized carbons (Fsp3) is 0.154. The second-order valence-corrected chi connectivity index (χ2v) is 8.23. The highest BCUT2D eigenvalue weighted by Gasteiger charge is 2.30. The summed E-state index contributed by atoms with van der Waals surface area (Å²) in [6, 6.07) is 17.9. The zero-order chi connectivity index (χ0) is 22.4. The lowest BCUT2D eigenvalue weighted by Gasteiger charge is -2.16. The van der Waals surface area contributed by atoms with E-state index < -0.39 is 0 Å². The van der Waals surface area contributed by atoms with Gasteiger partial charge in [0.05, 0.1) is 24.5 Å². The van der Waals surface area contributed by atoms with Gasteiger partial charge < -0.3 is 18.9 Å². The van der Waals surface area contributed by atoms with Gasteiger partial charge in [-0.15, -0.1) is 0 Å². The molecule has 4 aromatic rings. The Morgan fingerprint density at radius 3 is 2.61 bits per heavy atom. The molecule has 0 radical (unpaired) electrons. The van der Waals surface area contributed by atoms with Crippen molar-refractivity contribution in [3.63, 3.8) is 0 Å². The van der Waals surface area contributed by atoms with Gasteiger partial charge in [0.2, 0.25) is 12.7 Å². The summed E-state index contributed by atoms with van der Waals surface area (Å²) in [7, 11) is 0. The number of nitrogens with zero attached hydrogens (tertiary/aromatic N) is 4. The average molecular weight is 438 g/mol. The largest absolute Gasteiger partial charge is 0.454 e. The standard InChI is InChI=1S/C26H22N4O3/c1-18-4-8-20(9-5-18)30-26(28-12-2-3-13-28)21-15-29(16-22(21)27-30)25(31)11-7-19-6-10-23-24(14-19)33-17-32-23/h2-14H,15-17H2,1H3/b11-7+. The topological polar surface area (TPSA) is 61.5 Å². The van der Waals surface area contributed by atoms with Crippen LogP contribution >= 0.6 is 0 Å². The van der Waals surface area contributed by atoms with Gasteiger partial charge in [-0.05, 0) is 55.0 Å².